The second-order valence-electron chi connectivity index (χ2n) is 9.25. The quantitative estimate of drug-likeness (QED) is 0.218. The zero-order valence-corrected chi connectivity index (χ0v) is 21.7. The number of hydrogen-bond acceptors (Lipinski definition) is 6. The van der Waals surface area contributed by atoms with Crippen LogP contribution in [0.1, 0.15) is 5.56 Å². The number of imidazole rings is 1. The summed E-state index contributed by atoms with van der Waals surface area (Å²) in [7, 11) is 0. The van der Waals surface area contributed by atoms with Crippen LogP contribution in [-0.4, -0.2) is 36.0 Å². The Balaban J connectivity index is 1.21. The van der Waals surface area contributed by atoms with Gasteiger partial charge in [-0.25, -0.2) is 4.98 Å². The Bertz CT molecular complexity index is 2010. The fourth-order valence-corrected chi connectivity index (χ4v) is 5.42. The van der Waals surface area contributed by atoms with Gasteiger partial charge in [0.15, 0.2) is 11.0 Å². The molecule has 0 radical (unpaired) electrons. The Morgan fingerprint density at radius 1 is 0.925 bits per heavy atom. The summed E-state index contributed by atoms with van der Waals surface area (Å²) in [6.45, 7) is 0. The van der Waals surface area contributed by atoms with E-state index in [9.17, 15) is 9.18 Å². The van der Waals surface area contributed by atoms with Crippen molar-refractivity contribution in [1.82, 2.24) is 30.1 Å². The number of carbonyl (C=O) groups is 1. The molecule has 40 heavy (non-hydrogen) atoms. The van der Waals surface area contributed by atoms with Crippen LogP contribution in [0.2, 0.25) is 0 Å². The van der Waals surface area contributed by atoms with Gasteiger partial charge >= 0.3 is 0 Å². The number of fused-ring (bicyclic) bond motifs is 2. The van der Waals surface area contributed by atoms with E-state index < -0.39 is 0 Å². The Labute approximate surface area is 231 Å². The molecule has 7 aromatic rings. The first-order valence-electron chi connectivity index (χ1n) is 12.5. The highest BCUT2D eigenvalue weighted by molar-refractivity contribution is 7.13. The third kappa shape index (κ3) is 4.50. The highest BCUT2D eigenvalue weighted by Crippen LogP contribution is 2.34. The largest absolute Gasteiger partial charge is 0.336 e. The number of nitrogens with zero attached hydrogens (tertiary/aromatic N) is 4. The van der Waals surface area contributed by atoms with Crippen molar-refractivity contribution in [3.8, 4) is 33.2 Å². The standard InChI is InChI=1S/C30H20FN7OS/c31-25-9-8-24(40-25)29-28-23(10-11-33-29)35-30(36-28)27-21-14-18(6-7-22(21)37-38-27)19-13-20(16-32-15-19)34-26(39)12-17-4-2-1-3-5-17/h1-11,13-16H,12H2,(H,34,39)(H,35,36)(H,37,38). The molecule has 0 bridgehead atoms. The monoisotopic (exact) mass is 545 g/mol. The molecule has 5 aromatic heterocycles. The fourth-order valence-electron chi connectivity index (χ4n) is 4.70. The van der Waals surface area contributed by atoms with Crippen LogP contribution in [0, 0.1) is 5.13 Å². The summed E-state index contributed by atoms with van der Waals surface area (Å²) in [5.74, 6) is 0.464. The van der Waals surface area contributed by atoms with Crippen molar-refractivity contribution in [1.29, 1.82) is 0 Å². The number of carbonyl (C=O) groups excluding carboxylic acids is 1. The van der Waals surface area contributed by atoms with Gasteiger partial charge in [-0.1, -0.05) is 36.4 Å². The summed E-state index contributed by atoms with van der Waals surface area (Å²) in [6, 6.07) is 22.4. The van der Waals surface area contributed by atoms with Crippen molar-refractivity contribution in [3.63, 3.8) is 0 Å². The minimum Gasteiger partial charge on any atom is -0.336 e. The van der Waals surface area contributed by atoms with E-state index in [4.69, 9.17) is 4.98 Å². The minimum atomic E-state index is -0.273. The number of hydrogen-bond donors (Lipinski definition) is 3. The van der Waals surface area contributed by atoms with E-state index in [2.05, 4.69) is 30.5 Å². The Hall–Kier alpha value is -5.22. The van der Waals surface area contributed by atoms with E-state index in [-0.39, 0.29) is 17.5 Å². The average Bonchev–Trinajstić information content (AvgIpc) is 3.71. The molecule has 0 aliphatic rings. The number of pyridine rings is 2. The molecule has 0 unspecified atom stereocenters. The van der Waals surface area contributed by atoms with Crippen molar-refractivity contribution in [2.75, 3.05) is 5.32 Å². The van der Waals surface area contributed by atoms with E-state index >= 15 is 0 Å². The van der Waals surface area contributed by atoms with Crippen molar-refractivity contribution in [2.45, 2.75) is 6.42 Å². The third-order valence-corrected chi connectivity index (χ3v) is 7.44. The van der Waals surface area contributed by atoms with Crippen molar-refractivity contribution < 1.29 is 9.18 Å². The van der Waals surface area contributed by atoms with Crippen LogP contribution in [0.4, 0.5) is 10.1 Å². The van der Waals surface area contributed by atoms with E-state index in [1.165, 1.54) is 6.07 Å². The maximum absolute atomic E-state index is 13.7. The van der Waals surface area contributed by atoms with Crippen LogP contribution < -0.4 is 5.32 Å². The van der Waals surface area contributed by atoms with Crippen LogP contribution in [-0.2, 0) is 11.2 Å². The molecule has 8 nitrogen and oxygen atoms in total. The van der Waals surface area contributed by atoms with Gasteiger partial charge in [0.1, 0.15) is 16.9 Å². The fraction of sp³-hybridized carbons (Fsp3) is 0.0333. The Morgan fingerprint density at radius 3 is 2.67 bits per heavy atom. The Morgan fingerprint density at radius 2 is 1.82 bits per heavy atom. The number of rotatable bonds is 6. The molecule has 0 spiro atoms. The molecule has 3 N–H and O–H groups in total. The van der Waals surface area contributed by atoms with Gasteiger partial charge in [0.05, 0.1) is 34.2 Å². The van der Waals surface area contributed by atoms with Gasteiger partial charge in [-0.2, -0.15) is 9.49 Å². The van der Waals surface area contributed by atoms with E-state index in [0.29, 0.717) is 33.3 Å². The number of benzene rings is 2. The number of halogens is 1. The van der Waals surface area contributed by atoms with E-state index in [1.807, 2.05) is 60.7 Å². The smallest absolute Gasteiger partial charge is 0.228 e. The lowest BCUT2D eigenvalue weighted by Gasteiger charge is -2.08. The summed E-state index contributed by atoms with van der Waals surface area (Å²) < 4.78 is 13.7. The molecule has 194 valence electrons. The van der Waals surface area contributed by atoms with Crippen LogP contribution in [0.25, 0.3) is 55.2 Å². The number of nitrogens with one attached hydrogen (secondary N) is 3. The zero-order valence-electron chi connectivity index (χ0n) is 20.9. The molecule has 1 amide bonds. The summed E-state index contributed by atoms with van der Waals surface area (Å²) >= 11 is 1.03. The van der Waals surface area contributed by atoms with Gasteiger partial charge in [0.2, 0.25) is 5.91 Å². The molecule has 5 heterocycles. The lowest BCUT2D eigenvalue weighted by molar-refractivity contribution is -0.115. The third-order valence-electron chi connectivity index (χ3n) is 6.56. The molecule has 7 rings (SSSR count). The van der Waals surface area contributed by atoms with Gasteiger partial charge in [-0.15, -0.1) is 11.3 Å². The molecular formula is C30H20FN7OS. The topological polar surface area (TPSA) is 112 Å². The second-order valence-corrected chi connectivity index (χ2v) is 10.3. The molecule has 10 heteroatoms. The first kappa shape index (κ1) is 23.9. The molecular weight excluding hydrogens is 525 g/mol. The maximum atomic E-state index is 13.7. The Kier molecular flexibility index (Phi) is 5.86. The van der Waals surface area contributed by atoms with Gasteiger partial charge in [0.25, 0.3) is 0 Å². The summed E-state index contributed by atoms with van der Waals surface area (Å²) in [5, 5.41) is 11.1. The van der Waals surface area contributed by atoms with Crippen LogP contribution in [0.3, 0.4) is 0 Å². The highest BCUT2D eigenvalue weighted by Gasteiger charge is 2.17. The van der Waals surface area contributed by atoms with Gasteiger partial charge < -0.3 is 10.3 Å². The normalized spacial score (nSPS) is 11.3. The molecule has 2 aromatic carbocycles. The number of H-pyrrole nitrogens is 2. The highest BCUT2D eigenvalue weighted by atomic mass is 32.1. The van der Waals surface area contributed by atoms with Crippen LogP contribution in [0.15, 0.2) is 91.4 Å². The minimum absolute atomic E-state index is 0.109. The summed E-state index contributed by atoms with van der Waals surface area (Å²) in [6.07, 6.45) is 5.35. The maximum Gasteiger partial charge on any atom is 0.228 e. The van der Waals surface area contributed by atoms with Gasteiger partial charge in [-0.3, -0.25) is 19.9 Å². The predicted octanol–water partition coefficient (Wildman–Crippen LogP) is 6.61. The number of thiophene rings is 1. The number of aromatic nitrogens is 6. The predicted molar refractivity (Wildman–Crippen MR) is 154 cm³/mol. The molecule has 0 fully saturated rings. The van der Waals surface area contributed by atoms with Crippen LogP contribution in [0.5, 0.6) is 0 Å². The van der Waals surface area contributed by atoms with Gasteiger partial charge in [-0.05, 0) is 47.5 Å². The molecule has 0 saturated carbocycles. The lowest BCUT2D eigenvalue weighted by atomic mass is 10.0. The first-order chi connectivity index (χ1) is 19.6. The van der Waals surface area contributed by atoms with Gasteiger partial charge in [0, 0.05) is 23.3 Å². The first-order valence-corrected chi connectivity index (χ1v) is 13.3. The number of anilines is 1. The summed E-state index contributed by atoms with van der Waals surface area (Å²) in [4.78, 5) is 30.2. The van der Waals surface area contributed by atoms with Crippen molar-refractivity contribution >= 4 is 44.9 Å². The molecule has 0 aliphatic heterocycles. The SMILES string of the molecule is O=C(Cc1ccccc1)Nc1cncc(-c2ccc3[nH]nc(-c4nc5c(-c6ccc(F)s6)nccc5[nH]4)c3c2)c1. The second kappa shape index (κ2) is 9.83. The van der Waals surface area contributed by atoms with Crippen molar-refractivity contribution in [2.24, 2.45) is 0 Å². The number of amides is 1. The molecule has 0 atom stereocenters. The molecule has 0 saturated heterocycles. The van der Waals surface area contributed by atoms with E-state index in [0.717, 1.165) is 44.4 Å². The van der Waals surface area contributed by atoms with Crippen molar-refractivity contribution in [3.05, 3.63) is 102 Å². The molecule has 0 aliphatic carbocycles. The lowest BCUT2D eigenvalue weighted by Crippen LogP contribution is -2.14. The summed E-state index contributed by atoms with van der Waals surface area (Å²) in [5.41, 5.74) is 6.86. The zero-order chi connectivity index (χ0) is 27.1. The van der Waals surface area contributed by atoms with E-state index in [1.54, 1.807) is 24.7 Å². The van der Waals surface area contributed by atoms with Crippen LogP contribution >= 0.6 is 11.3 Å². The number of aromatic amines is 2. The average molecular weight is 546 g/mol.